The van der Waals surface area contributed by atoms with Gasteiger partial charge in [-0.15, -0.1) is 0 Å². The van der Waals surface area contributed by atoms with E-state index in [0.29, 0.717) is 17.1 Å². The first-order valence-electron chi connectivity index (χ1n) is 9.35. The molecular formula is C21H25F3N3O2+. The Labute approximate surface area is 167 Å². The molecule has 156 valence electrons. The normalized spacial score (nSPS) is 12.3. The molecule has 8 heteroatoms. The highest BCUT2D eigenvalue weighted by atomic mass is 19.4. The number of carbonyl (C=O) groups is 2. The fourth-order valence-electron chi connectivity index (χ4n) is 2.99. The highest BCUT2D eigenvalue weighted by molar-refractivity contribution is 5.94. The molecule has 29 heavy (non-hydrogen) atoms. The third kappa shape index (κ3) is 6.90. The summed E-state index contributed by atoms with van der Waals surface area (Å²) in [6, 6.07) is 12.2. The second kappa shape index (κ2) is 10.1. The third-order valence-electron chi connectivity index (χ3n) is 4.35. The number of alkyl halides is 3. The van der Waals surface area contributed by atoms with E-state index in [0.717, 1.165) is 18.1 Å². The molecule has 2 aromatic carbocycles. The molecule has 5 nitrogen and oxygen atoms in total. The van der Waals surface area contributed by atoms with E-state index in [4.69, 9.17) is 0 Å². The molecule has 1 atom stereocenters. The van der Waals surface area contributed by atoms with E-state index in [2.05, 4.69) is 10.6 Å². The Morgan fingerprint density at radius 3 is 1.97 bits per heavy atom. The average molecular weight is 408 g/mol. The maximum absolute atomic E-state index is 13.1. The Morgan fingerprint density at radius 1 is 0.897 bits per heavy atom. The number of halogens is 3. The molecule has 0 saturated carbocycles. The van der Waals surface area contributed by atoms with Crippen molar-refractivity contribution in [1.29, 1.82) is 0 Å². The van der Waals surface area contributed by atoms with E-state index in [1.165, 1.54) is 18.2 Å². The third-order valence-corrected chi connectivity index (χ3v) is 4.35. The molecule has 0 radical (unpaired) electrons. The number of hydrogen-bond acceptors (Lipinski definition) is 2. The van der Waals surface area contributed by atoms with Gasteiger partial charge < -0.3 is 15.5 Å². The van der Waals surface area contributed by atoms with Gasteiger partial charge in [0, 0.05) is 5.69 Å². The van der Waals surface area contributed by atoms with Crippen LogP contribution in [-0.4, -0.2) is 31.4 Å². The molecule has 2 amide bonds. The van der Waals surface area contributed by atoms with E-state index in [-0.39, 0.29) is 24.7 Å². The van der Waals surface area contributed by atoms with Gasteiger partial charge in [-0.1, -0.05) is 37.3 Å². The largest absolute Gasteiger partial charge is 0.418 e. The van der Waals surface area contributed by atoms with Gasteiger partial charge in [0.15, 0.2) is 13.1 Å². The molecule has 0 saturated heterocycles. The Bertz CT molecular complexity index is 853. The van der Waals surface area contributed by atoms with Crippen molar-refractivity contribution in [1.82, 2.24) is 0 Å². The van der Waals surface area contributed by atoms with Gasteiger partial charge in [-0.25, -0.2) is 0 Å². The predicted molar refractivity (Wildman–Crippen MR) is 106 cm³/mol. The van der Waals surface area contributed by atoms with Crippen LogP contribution in [0.2, 0.25) is 0 Å². The predicted octanol–water partition coefficient (Wildman–Crippen LogP) is 2.89. The smallest absolute Gasteiger partial charge is 0.321 e. The molecule has 3 N–H and O–H groups in total. The first kappa shape index (κ1) is 22.4. The van der Waals surface area contributed by atoms with E-state index >= 15 is 0 Å². The minimum atomic E-state index is -4.56. The number of hydrogen-bond donors (Lipinski definition) is 3. The number of anilines is 2. The lowest BCUT2D eigenvalue weighted by Crippen LogP contribution is -3.14. The van der Waals surface area contributed by atoms with Crippen LogP contribution in [0, 0.1) is 6.92 Å². The van der Waals surface area contributed by atoms with E-state index in [1.807, 2.05) is 32.0 Å². The van der Waals surface area contributed by atoms with Crippen molar-refractivity contribution in [2.75, 3.05) is 30.3 Å². The van der Waals surface area contributed by atoms with Gasteiger partial charge in [0.05, 0.1) is 17.8 Å². The second-order valence-electron chi connectivity index (χ2n) is 6.81. The number of quaternary nitrogens is 1. The molecule has 0 aliphatic rings. The molecular weight excluding hydrogens is 383 g/mol. The topological polar surface area (TPSA) is 62.6 Å². The fourth-order valence-corrected chi connectivity index (χ4v) is 2.99. The van der Waals surface area contributed by atoms with Crippen LogP contribution < -0.4 is 15.5 Å². The molecule has 0 heterocycles. The van der Waals surface area contributed by atoms with Crippen molar-refractivity contribution < 1.29 is 27.7 Å². The second-order valence-corrected chi connectivity index (χ2v) is 6.81. The van der Waals surface area contributed by atoms with Crippen molar-refractivity contribution in [2.24, 2.45) is 0 Å². The molecule has 1 unspecified atom stereocenters. The number of benzene rings is 2. The lowest BCUT2D eigenvalue weighted by Gasteiger charge is -2.19. The zero-order valence-electron chi connectivity index (χ0n) is 16.4. The molecule has 0 spiro atoms. The van der Waals surface area contributed by atoms with Crippen LogP contribution in [0.3, 0.4) is 0 Å². The minimum Gasteiger partial charge on any atom is -0.321 e. The number of aryl methyl sites for hydroxylation is 1. The number of nitrogens with one attached hydrogen (secondary N) is 3. The Morgan fingerprint density at radius 2 is 1.41 bits per heavy atom. The van der Waals surface area contributed by atoms with Crippen LogP contribution in [0.5, 0.6) is 0 Å². The number of rotatable bonds is 8. The summed E-state index contributed by atoms with van der Waals surface area (Å²) in [5.41, 5.74) is 0.421. The summed E-state index contributed by atoms with van der Waals surface area (Å²) in [5, 5.41) is 5.14. The number of para-hydroxylation sites is 2. The summed E-state index contributed by atoms with van der Waals surface area (Å²) in [7, 11) is 0. The summed E-state index contributed by atoms with van der Waals surface area (Å²) in [6.45, 7) is 4.25. The van der Waals surface area contributed by atoms with Crippen molar-refractivity contribution in [2.45, 2.75) is 26.4 Å². The van der Waals surface area contributed by atoms with Gasteiger partial charge in [-0.3, -0.25) is 9.59 Å². The van der Waals surface area contributed by atoms with Crippen LogP contribution in [-0.2, 0) is 15.8 Å². The van der Waals surface area contributed by atoms with E-state index in [1.54, 1.807) is 6.07 Å². The van der Waals surface area contributed by atoms with Crippen LogP contribution in [0.25, 0.3) is 0 Å². The van der Waals surface area contributed by atoms with Crippen LogP contribution in [0.15, 0.2) is 48.5 Å². The van der Waals surface area contributed by atoms with Crippen molar-refractivity contribution in [3.8, 4) is 0 Å². The van der Waals surface area contributed by atoms with Crippen LogP contribution >= 0.6 is 0 Å². The molecule has 2 aromatic rings. The lowest BCUT2D eigenvalue weighted by molar-refractivity contribution is -0.883. The monoisotopic (exact) mass is 408 g/mol. The fraction of sp³-hybridized carbons (Fsp3) is 0.333. The standard InChI is InChI=1S/C21H24F3N3O2/c1-3-12-27(13-19(28)25-17-10-6-4-8-15(17)2)14-20(29)26-18-11-7-5-9-16(18)21(22,23)24/h4-11H,3,12-14H2,1-2H3,(H,25,28)(H,26,29)/p+1. The Hall–Kier alpha value is -2.87. The number of amides is 2. The summed E-state index contributed by atoms with van der Waals surface area (Å²) in [4.78, 5) is 25.4. The Balaban J connectivity index is 2.00. The molecule has 0 aliphatic carbocycles. The molecule has 0 aromatic heterocycles. The maximum Gasteiger partial charge on any atom is 0.418 e. The number of carbonyl (C=O) groups excluding carboxylic acids is 2. The van der Waals surface area contributed by atoms with Crippen molar-refractivity contribution in [3.05, 3.63) is 59.7 Å². The highest BCUT2D eigenvalue weighted by Crippen LogP contribution is 2.34. The molecule has 0 bridgehead atoms. The maximum atomic E-state index is 13.1. The van der Waals surface area contributed by atoms with Gasteiger partial charge in [-0.2, -0.15) is 13.2 Å². The Kier molecular flexibility index (Phi) is 7.78. The van der Waals surface area contributed by atoms with Gasteiger partial charge >= 0.3 is 6.18 Å². The van der Waals surface area contributed by atoms with E-state index in [9.17, 15) is 22.8 Å². The van der Waals surface area contributed by atoms with Crippen molar-refractivity contribution in [3.63, 3.8) is 0 Å². The zero-order chi connectivity index (χ0) is 21.4. The zero-order valence-corrected chi connectivity index (χ0v) is 16.4. The minimum absolute atomic E-state index is 0.0382. The highest BCUT2D eigenvalue weighted by Gasteiger charge is 2.33. The van der Waals surface area contributed by atoms with Crippen molar-refractivity contribution >= 4 is 23.2 Å². The summed E-state index contributed by atoms with van der Waals surface area (Å²) < 4.78 is 39.3. The van der Waals surface area contributed by atoms with Gasteiger partial charge in [-0.05, 0) is 37.1 Å². The molecule has 0 fully saturated rings. The van der Waals surface area contributed by atoms with Crippen LogP contribution in [0.1, 0.15) is 24.5 Å². The SMILES string of the molecule is CCC[NH+](CC(=O)Nc1ccccc1C)CC(=O)Nc1ccccc1C(F)(F)F. The van der Waals surface area contributed by atoms with E-state index < -0.39 is 17.6 Å². The molecule has 2 rings (SSSR count). The van der Waals surface area contributed by atoms with Gasteiger partial charge in [0.2, 0.25) is 0 Å². The quantitative estimate of drug-likeness (QED) is 0.629. The lowest BCUT2D eigenvalue weighted by atomic mass is 10.1. The van der Waals surface area contributed by atoms with Crippen LogP contribution in [0.4, 0.5) is 24.5 Å². The average Bonchev–Trinajstić information content (AvgIpc) is 2.63. The first-order chi connectivity index (χ1) is 13.7. The summed E-state index contributed by atoms with van der Waals surface area (Å²) >= 11 is 0. The summed E-state index contributed by atoms with van der Waals surface area (Å²) in [6.07, 6.45) is -3.84. The van der Waals surface area contributed by atoms with Gasteiger partial charge in [0.25, 0.3) is 11.8 Å². The van der Waals surface area contributed by atoms with Gasteiger partial charge in [0.1, 0.15) is 0 Å². The first-order valence-corrected chi connectivity index (χ1v) is 9.35. The summed E-state index contributed by atoms with van der Waals surface area (Å²) in [5.74, 6) is -0.833. The molecule has 0 aliphatic heterocycles.